The third kappa shape index (κ3) is 1.00. The molecule has 0 saturated heterocycles. The van der Waals surface area contributed by atoms with Crippen LogP contribution >= 0.6 is 0 Å². The van der Waals surface area contributed by atoms with E-state index >= 15 is 0 Å². The van der Waals surface area contributed by atoms with E-state index < -0.39 is 0 Å². The van der Waals surface area contributed by atoms with Gasteiger partial charge in [0.05, 0.1) is 5.69 Å². The maximum Gasteiger partial charge on any atom is 0.196 e. The third-order valence-corrected chi connectivity index (χ3v) is 2.00. The molecule has 0 bridgehead atoms. The van der Waals surface area contributed by atoms with Crippen molar-refractivity contribution < 1.29 is 4.84 Å². The number of rotatable bonds is 2. The number of aromatic nitrogens is 3. The van der Waals surface area contributed by atoms with Gasteiger partial charge in [-0.15, -0.1) is 9.83 Å². The zero-order valence-electron chi connectivity index (χ0n) is 8.19. The fraction of sp³-hybridized carbons (Fsp3) is 0.375. The first-order valence-electron chi connectivity index (χ1n) is 4.40. The number of fused-ring (bicyclic) bond motifs is 1. The Morgan fingerprint density at radius 2 is 2.21 bits per heavy atom. The molecule has 0 atom stereocenters. The van der Waals surface area contributed by atoms with E-state index in [0.29, 0.717) is 23.8 Å². The first-order valence-corrected chi connectivity index (χ1v) is 4.40. The molecule has 2 rings (SSSR count). The predicted octanol–water partition coefficient (Wildman–Crippen LogP) is 0.0571. The quantitative estimate of drug-likeness (QED) is 0.709. The smallest absolute Gasteiger partial charge is 0.196 e. The van der Waals surface area contributed by atoms with E-state index in [2.05, 4.69) is 5.10 Å². The number of nitrogens with two attached hydrogens (primary N) is 2. The summed E-state index contributed by atoms with van der Waals surface area (Å²) in [6.07, 6.45) is 0. The lowest BCUT2D eigenvalue weighted by atomic mass is 10.5. The fourth-order valence-corrected chi connectivity index (χ4v) is 1.46. The molecule has 14 heavy (non-hydrogen) atoms. The molecule has 0 spiro atoms. The minimum Gasteiger partial charge on any atom is -0.411 e. The van der Waals surface area contributed by atoms with Crippen LogP contribution in [0, 0.1) is 6.92 Å². The fourth-order valence-electron chi connectivity index (χ4n) is 1.46. The molecule has 2 aromatic heterocycles. The molecule has 0 radical (unpaired) electrons. The molecule has 6 heteroatoms. The lowest BCUT2D eigenvalue weighted by Crippen LogP contribution is -2.12. The second-order valence-corrected chi connectivity index (χ2v) is 3.02. The number of hydrogen-bond acceptors (Lipinski definition) is 4. The van der Waals surface area contributed by atoms with Gasteiger partial charge in [-0.05, 0) is 13.8 Å². The van der Waals surface area contributed by atoms with Crippen LogP contribution in [0.4, 0.5) is 11.5 Å². The summed E-state index contributed by atoms with van der Waals surface area (Å²) in [5.41, 5.74) is 12.7. The van der Waals surface area contributed by atoms with E-state index in [0.717, 1.165) is 5.82 Å². The second kappa shape index (κ2) is 2.83. The lowest BCUT2D eigenvalue weighted by Gasteiger charge is -2.04. The Hall–Kier alpha value is -1.85. The number of hydrogen-bond donors (Lipinski definition) is 2. The summed E-state index contributed by atoms with van der Waals surface area (Å²) in [6, 6.07) is 1.66. The molecule has 0 amide bonds. The van der Waals surface area contributed by atoms with Crippen molar-refractivity contribution in [3.05, 3.63) is 11.9 Å². The molecular formula is C8H13N5O. The first kappa shape index (κ1) is 8.74. The average molecular weight is 195 g/mol. The SMILES string of the molecule is CCOn1c(C)nn2c(N)cc(N)c12. The molecule has 0 aromatic carbocycles. The molecule has 2 heterocycles. The molecule has 6 nitrogen and oxygen atoms in total. The largest absolute Gasteiger partial charge is 0.411 e. The molecule has 76 valence electrons. The highest BCUT2D eigenvalue weighted by molar-refractivity contribution is 5.71. The van der Waals surface area contributed by atoms with E-state index in [9.17, 15) is 0 Å². The minimum absolute atomic E-state index is 0.513. The molecular weight excluding hydrogens is 182 g/mol. The van der Waals surface area contributed by atoms with Crippen molar-refractivity contribution in [3.63, 3.8) is 0 Å². The van der Waals surface area contributed by atoms with Gasteiger partial charge in [0.25, 0.3) is 0 Å². The number of nitrogen functional groups attached to an aromatic ring is 2. The van der Waals surface area contributed by atoms with E-state index in [1.165, 1.54) is 0 Å². The molecule has 0 unspecified atom stereocenters. The molecule has 0 aliphatic carbocycles. The summed E-state index contributed by atoms with van der Waals surface area (Å²) in [7, 11) is 0. The van der Waals surface area contributed by atoms with Gasteiger partial charge < -0.3 is 16.3 Å². The van der Waals surface area contributed by atoms with Crippen LogP contribution in [0.2, 0.25) is 0 Å². The van der Waals surface area contributed by atoms with Crippen molar-refractivity contribution in [3.8, 4) is 0 Å². The molecule has 2 aromatic rings. The lowest BCUT2D eigenvalue weighted by molar-refractivity contribution is 0.126. The van der Waals surface area contributed by atoms with Gasteiger partial charge in [0.15, 0.2) is 11.5 Å². The van der Waals surface area contributed by atoms with Gasteiger partial charge in [-0.3, -0.25) is 0 Å². The van der Waals surface area contributed by atoms with Gasteiger partial charge in [-0.2, -0.15) is 4.52 Å². The van der Waals surface area contributed by atoms with Crippen LogP contribution in [-0.2, 0) is 0 Å². The van der Waals surface area contributed by atoms with Gasteiger partial charge in [0.1, 0.15) is 12.4 Å². The summed E-state index contributed by atoms with van der Waals surface area (Å²) >= 11 is 0. The Morgan fingerprint density at radius 1 is 1.50 bits per heavy atom. The van der Waals surface area contributed by atoms with Gasteiger partial charge >= 0.3 is 0 Å². The van der Waals surface area contributed by atoms with Gasteiger partial charge in [0, 0.05) is 6.07 Å². The summed E-state index contributed by atoms with van der Waals surface area (Å²) in [5, 5.41) is 4.20. The zero-order valence-corrected chi connectivity index (χ0v) is 8.19. The highest BCUT2D eigenvalue weighted by Gasteiger charge is 2.14. The maximum absolute atomic E-state index is 5.78. The number of aryl methyl sites for hydroxylation is 1. The van der Waals surface area contributed by atoms with Crippen molar-refractivity contribution in [2.75, 3.05) is 18.1 Å². The molecule has 0 aliphatic heterocycles. The van der Waals surface area contributed by atoms with E-state index in [1.807, 2.05) is 13.8 Å². The van der Waals surface area contributed by atoms with Crippen LogP contribution in [0.3, 0.4) is 0 Å². The Labute approximate surface area is 81.0 Å². The summed E-state index contributed by atoms with van der Waals surface area (Å²) < 4.78 is 3.16. The highest BCUT2D eigenvalue weighted by Crippen LogP contribution is 2.20. The van der Waals surface area contributed by atoms with Crippen LogP contribution in [-0.4, -0.2) is 21.0 Å². The Morgan fingerprint density at radius 3 is 2.86 bits per heavy atom. The summed E-state index contributed by atoms with van der Waals surface area (Å²) in [6.45, 7) is 4.29. The summed E-state index contributed by atoms with van der Waals surface area (Å²) in [5.74, 6) is 1.24. The maximum atomic E-state index is 5.78. The first-order chi connectivity index (χ1) is 6.65. The van der Waals surface area contributed by atoms with Crippen LogP contribution < -0.4 is 16.3 Å². The van der Waals surface area contributed by atoms with Crippen molar-refractivity contribution >= 4 is 17.2 Å². The van der Waals surface area contributed by atoms with Gasteiger partial charge in [0.2, 0.25) is 0 Å². The van der Waals surface area contributed by atoms with Crippen molar-refractivity contribution in [2.24, 2.45) is 0 Å². The topological polar surface area (TPSA) is 83.5 Å². The number of nitrogens with zero attached hydrogens (tertiary/aromatic N) is 3. The third-order valence-electron chi connectivity index (χ3n) is 2.00. The number of anilines is 2. The van der Waals surface area contributed by atoms with Crippen molar-refractivity contribution in [1.29, 1.82) is 0 Å². The van der Waals surface area contributed by atoms with E-state index in [-0.39, 0.29) is 0 Å². The normalized spacial score (nSPS) is 11.0. The standard InChI is InChI=1S/C8H13N5O/c1-3-14-13-5(2)11-12-7(10)4-6(9)8(12)13/h4H,3,9-10H2,1-2H3. The highest BCUT2D eigenvalue weighted by atomic mass is 16.7. The Balaban J connectivity index is 2.73. The van der Waals surface area contributed by atoms with E-state index in [1.54, 1.807) is 15.3 Å². The van der Waals surface area contributed by atoms with Crippen LogP contribution in [0.25, 0.3) is 5.65 Å². The molecule has 0 fully saturated rings. The van der Waals surface area contributed by atoms with Crippen molar-refractivity contribution in [2.45, 2.75) is 13.8 Å². The molecule has 0 saturated carbocycles. The predicted molar refractivity (Wildman–Crippen MR) is 53.9 cm³/mol. The monoisotopic (exact) mass is 195 g/mol. The van der Waals surface area contributed by atoms with Crippen LogP contribution in [0.1, 0.15) is 12.7 Å². The van der Waals surface area contributed by atoms with E-state index in [4.69, 9.17) is 16.3 Å². The van der Waals surface area contributed by atoms with Gasteiger partial charge in [-0.25, -0.2) is 0 Å². The summed E-state index contributed by atoms with van der Waals surface area (Å²) in [4.78, 5) is 5.38. The van der Waals surface area contributed by atoms with Crippen LogP contribution in [0.5, 0.6) is 0 Å². The Bertz CT molecular complexity index is 469. The van der Waals surface area contributed by atoms with Crippen LogP contribution in [0.15, 0.2) is 6.07 Å². The van der Waals surface area contributed by atoms with Crippen molar-refractivity contribution in [1.82, 2.24) is 14.3 Å². The average Bonchev–Trinajstić information content (AvgIpc) is 2.56. The minimum atomic E-state index is 0.513. The second-order valence-electron chi connectivity index (χ2n) is 3.02. The van der Waals surface area contributed by atoms with Gasteiger partial charge in [-0.1, -0.05) is 0 Å². The molecule has 0 aliphatic rings. The zero-order chi connectivity index (χ0) is 10.3. The molecule has 4 N–H and O–H groups in total. The Kier molecular flexibility index (Phi) is 1.77.